The van der Waals surface area contributed by atoms with Crippen LogP contribution >= 0.6 is 12.9 Å². The lowest BCUT2D eigenvalue weighted by molar-refractivity contribution is 0.539. The van der Waals surface area contributed by atoms with Crippen molar-refractivity contribution in [1.82, 2.24) is 5.32 Å². The van der Waals surface area contributed by atoms with Crippen molar-refractivity contribution in [2.75, 3.05) is 6.54 Å². The summed E-state index contributed by atoms with van der Waals surface area (Å²) in [5, 5.41) is 3.48. The maximum atomic E-state index is 5.39. The third kappa shape index (κ3) is 4.03. The van der Waals surface area contributed by atoms with E-state index in [1.165, 1.54) is 22.3 Å². The summed E-state index contributed by atoms with van der Waals surface area (Å²) in [4.78, 5) is 0. The van der Waals surface area contributed by atoms with Crippen LogP contribution < -0.4 is 9.50 Å². The van der Waals surface area contributed by atoms with Gasteiger partial charge in [-0.3, -0.25) is 0 Å². The van der Waals surface area contributed by atoms with Crippen LogP contribution in [0.5, 0.6) is 5.75 Å². The molecule has 1 aromatic carbocycles. The van der Waals surface area contributed by atoms with Crippen molar-refractivity contribution in [2.24, 2.45) is 0 Å². The lowest BCUT2D eigenvalue weighted by atomic mass is 9.84. The van der Waals surface area contributed by atoms with Crippen molar-refractivity contribution < 1.29 is 4.18 Å². The molecule has 2 rings (SSSR count). The number of allylic oxidation sites excluding steroid dienone is 1. The zero-order valence-electron chi connectivity index (χ0n) is 12.8. The molecule has 1 aromatic rings. The number of nitrogens with one attached hydrogen (secondary N) is 1. The normalized spacial score (nSPS) is 14.2. The first kappa shape index (κ1) is 15.5. The zero-order valence-corrected chi connectivity index (χ0v) is 13.7. The second-order valence-electron chi connectivity index (χ2n) is 6.48. The van der Waals surface area contributed by atoms with E-state index in [1.54, 1.807) is 0 Å². The molecule has 109 valence electrons. The fraction of sp³-hybridized carbons (Fsp3) is 0.471. The quantitative estimate of drug-likeness (QED) is 0.467. The Balaban J connectivity index is 2.12. The van der Waals surface area contributed by atoms with Crippen LogP contribution in [0.25, 0.3) is 0 Å². The largest absolute Gasteiger partial charge is 0.428 e. The monoisotopic (exact) mass is 290 g/mol. The van der Waals surface area contributed by atoms with Gasteiger partial charge in [0.1, 0.15) is 5.75 Å². The van der Waals surface area contributed by atoms with Crippen molar-refractivity contribution in [2.45, 2.75) is 46.1 Å². The van der Waals surface area contributed by atoms with E-state index < -0.39 is 0 Å². The molecular weight excluding hydrogens is 266 g/mol. The van der Waals surface area contributed by atoms with Gasteiger partial charge in [0, 0.05) is 37.0 Å². The molecule has 0 unspecified atom stereocenters. The van der Waals surface area contributed by atoms with E-state index in [9.17, 15) is 0 Å². The van der Waals surface area contributed by atoms with Crippen molar-refractivity contribution >= 4 is 12.9 Å². The maximum absolute atomic E-state index is 5.39. The van der Waals surface area contributed by atoms with Crippen LogP contribution in [0.4, 0.5) is 0 Å². The first-order valence-electron chi connectivity index (χ1n) is 7.12. The number of hydrogen-bond acceptors (Lipinski definition) is 3. The molecule has 1 N–H and O–H groups in total. The summed E-state index contributed by atoms with van der Waals surface area (Å²) in [6, 6.07) is 4.37. The Labute approximate surface area is 128 Å². The Morgan fingerprint density at radius 1 is 1.25 bits per heavy atom. The SMILES string of the molecule is Cc1cc(CNCCC2=C[CH]2)c(OS)c(C(C)(C)C)c1. The minimum Gasteiger partial charge on any atom is -0.428 e. The standard InChI is InChI=1S/C17H24NOS/c1-12-9-14(11-18-8-7-13-5-6-13)16(19-20)15(10-12)17(2,3)4/h5-6,9-10,18,20H,7-8,11H2,1-4H3. The minimum absolute atomic E-state index is 0.0482. The minimum atomic E-state index is 0.0482. The number of hydrogen-bond donors (Lipinski definition) is 2. The Bertz CT molecular complexity index is 514. The summed E-state index contributed by atoms with van der Waals surface area (Å²) in [6.07, 6.45) is 5.43. The zero-order chi connectivity index (χ0) is 14.8. The summed E-state index contributed by atoms with van der Waals surface area (Å²) in [7, 11) is 0. The van der Waals surface area contributed by atoms with Crippen molar-refractivity contribution in [3.8, 4) is 5.75 Å². The summed E-state index contributed by atoms with van der Waals surface area (Å²) in [5.41, 5.74) is 5.15. The van der Waals surface area contributed by atoms with Crippen molar-refractivity contribution in [1.29, 1.82) is 0 Å². The van der Waals surface area contributed by atoms with Gasteiger partial charge in [0.2, 0.25) is 0 Å². The number of rotatable bonds is 6. The molecule has 3 heteroatoms. The molecule has 0 saturated carbocycles. The van der Waals surface area contributed by atoms with E-state index in [0.717, 1.165) is 25.3 Å². The predicted molar refractivity (Wildman–Crippen MR) is 88.2 cm³/mol. The molecule has 0 amide bonds. The van der Waals surface area contributed by atoms with Gasteiger partial charge in [-0.2, -0.15) is 0 Å². The van der Waals surface area contributed by atoms with Crippen LogP contribution in [0.2, 0.25) is 0 Å². The molecule has 20 heavy (non-hydrogen) atoms. The number of thiol groups is 1. The highest BCUT2D eigenvalue weighted by atomic mass is 32.1. The van der Waals surface area contributed by atoms with Crippen molar-refractivity contribution in [3.63, 3.8) is 0 Å². The van der Waals surface area contributed by atoms with Gasteiger partial charge in [0.25, 0.3) is 0 Å². The van der Waals surface area contributed by atoms with Crippen LogP contribution in [-0.2, 0) is 12.0 Å². The molecule has 2 nitrogen and oxygen atoms in total. The second-order valence-corrected chi connectivity index (χ2v) is 6.66. The van der Waals surface area contributed by atoms with E-state index in [0.29, 0.717) is 0 Å². The Kier molecular flexibility index (Phi) is 4.82. The summed E-state index contributed by atoms with van der Waals surface area (Å²) in [6.45, 7) is 10.5. The second kappa shape index (κ2) is 6.23. The fourth-order valence-corrected chi connectivity index (χ4v) is 2.54. The molecule has 1 aliphatic carbocycles. The average molecular weight is 290 g/mol. The predicted octanol–water partition coefficient (Wildman–Crippen LogP) is 4.14. The fourth-order valence-electron chi connectivity index (χ4n) is 2.33. The van der Waals surface area contributed by atoms with Crippen LogP contribution in [0, 0.1) is 13.3 Å². The lowest BCUT2D eigenvalue weighted by Gasteiger charge is -2.24. The molecule has 0 aromatic heterocycles. The van der Waals surface area contributed by atoms with Crippen molar-refractivity contribution in [3.05, 3.63) is 46.9 Å². The highest BCUT2D eigenvalue weighted by molar-refractivity contribution is 7.75. The lowest BCUT2D eigenvalue weighted by Crippen LogP contribution is -2.18. The van der Waals surface area contributed by atoms with Gasteiger partial charge < -0.3 is 9.50 Å². The van der Waals surface area contributed by atoms with Gasteiger partial charge in [0.15, 0.2) is 0 Å². The van der Waals surface area contributed by atoms with E-state index in [4.69, 9.17) is 4.18 Å². The maximum Gasteiger partial charge on any atom is 0.145 e. The van der Waals surface area contributed by atoms with Crippen LogP contribution in [-0.4, -0.2) is 6.54 Å². The molecule has 0 saturated heterocycles. The first-order valence-corrected chi connectivity index (χ1v) is 7.48. The van der Waals surface area contributed by atoms with Gasteiger partial charge in [-0.15, -0.1) is 0 Å². The molecule has 1 aliphatic rings. The molecular formula is C17H24NOS. The average Bonchev–Trinajstić information content (AvgIpc) is 3.17. The van der Waals surface area contributed by atoms with Gasteiger partial charge in [-0.1, -0.05) is 50.1 Å². The van der Waals surface area contributed by atoms with Gasteiger partial charge in [0.05, 0.1) is 0 Å². The van der Waals surface area contributed by atoms with E-state index >= 15 is 0 Å². The van der Waals surface area contributed by atoms with Crippen LogP contribution in [0.15, 0.2) is 23.8 Å². The van der Waals surface area contributed by atoms with Gasteiger partial charge >= 0.3 is 0 Å². The molecule has 1 radical (unpaired) electrons. The molecule has 0 fully saturated rings. The number of aryl methyl sites for hydroxylation is 1. The number of benzene rings is 1. The molecule has 0 spiro atoms. The molecule has 0 aliphatic heterocycles. The highest BCUT2D eigenvalue weighted by Gasteiger charge is 2.22. The Morgan fingerprint density at radius 3 is 2.50 bits per heavy atom. The summed E-state index contributed by atoms with van der Waals surface area (Å²) in [5.74, 6) is 0.899. The summed E-state index contributed by atoms with van der Waals surface area (Å²) < 4.78 is 5.39. The topological polar surface area (TPSA) is 21.3 Å². The third-order valence-corrected chi connectivity index (χ3v) is 3.70. The van der Waals surface area contributed by atoms with Gasteiger partial charge in [-0.05, 0) is 25.3 Å². The molecule has 0 atom stereocenters. The smallest absolute Gasteiger partial charge is 0.145 e. The Hall–Kier alpha value is -0.930. The van der Waals surface area contributed by atoms with Crippen LogP contribution in [0.1, 0.15) is 43.9 Å². The third-order valence-electron chi connectivity index (χ3n) is 3.52. The molecule has 0 heterocycles. The van der Waals surface area contributed by atoms with E-state index in [2.05, 4.69) is 70.6 Å². The Morgan fingerprint density at radius 2 is 1.95 bits per heavy atom. The highest BCUT2D eigenvalue weighted by Crippen LogP contribution is 2.36. The van der Waals surface area contributed by atoms with E-state index in [-0.39, 0.29) is 5.41 Å². The van der Waals surface area contributed by atoms with E-state index in [1.807, 2.05) is 0 Å². The van der Waals surface area contributed by atoms with Gasteiger partial charge in [-0.25, -0.2) is 0 Å². The first-order chi connectivity index (χ1) is 9.41. The summed E-state index contributed by atoms with van der Waals surface area (Å²) >= 11 is 4.06. The van der Waals surface area contributed by atoms with Crippen LogP contribution in [0.3, 0.4) is 0 Å². The molecule has 0 bridgehead atoms.